The number of carbonyl (C=O) groups is 2. The highest BCUT2D eigenvalue weighted by Crippen LogP contribution is 2.27. The van der Waals surface area contributed by atoms with Crippen LogP contribution in [-0.4, -0.2) is 25.0 Å². The van der Waals surface area contributed by atoms with Gasteiger partial charge in [-0.15, -0.1) is 0 Å². The summed E-state index contributed by atoms with van der Waals surface area (Å²) in [7, 11) is 0. The van der Waals surface area contributed by atoms with Crippen LogP contribution in [0.1, 0.15) is 21.5 Å². The maximum atomic E-state index is 12.9. The molecule has 0 fully saturated rings. The Balaban J connectivity index is 1.58. The molecular formula is C24H19FN2O3. The van der Waals surface area contributed by atoms with E-state index >= 15 is 0 Å². The van der Waals surface area contributed by atoms with E-state index in [0.29, 0.717) is 29.7 Å². The number of benzene rings is 3. The summed E-state index contributed by atoms with van der Waals surface area (Å²) in [6.07, 6.45) is 0.535. The fourth-order valence-corrected chi connectivity index (χ4v) is 2.97. The number of nitrogens with one attached hydrogen (secondary N) is 1. The van der Waals surface area contributed by atoms with E-state index in [9.17, 15) is 19.2 Å². The van der Waals surface area contributed by atoms with Crippen molar-refractivity contribution in [1.82, 2.24) is 5.32 Å². The van der Waals surface area contributed by atoms with Gasteiger partial charge in [-0.2, -0.15) is 5.26 Å². The van der Waals surface area contributed by atoms with E-state index in [2.05, 4.69) is 11.4 Å². The molecule has 0 aliphatic rings. The Kier molecular flexibility index (Phi) is 6.91. The molecule has 0 saturated heterocycles. The SMILES string of the molecule is N#Cc1ccccc1-c1ccccc1C(=O)OCC(=O)NCCc1ccc(F)cc1. The average molecular weight is 402 g/mol. The van der Waals surface area contributed by atoms with Crippen molar-refractivity contribution in [3.8, 4) is 17.2 Å². The van der Waals surface area contributed by atoms with Crippen LogP contribution in [0.25, 0.3) is 11.1 Å². The van der Waals surface area contributed by atoms with Gasteiger partial charge in [-0.25, -0.2) is 9.18 Å². The van der Waals surface area contributed by atoms with Gasteiger partial charge in [0.05, 0.1) is 17.2 Å². The first-order valence-corrected chi connectivity index (χ1v) is 9.35. The van der Waals surface area contributed by atoms with Crippen LogP contribution in [0.2, 0.25) is 0 Å². The standard InChI is InChI=1S/C24H19FN2O3/c25-19-11-9-17(10-12-19)13-14-27-23(28)16-30-24(29)22-8-4-3-7-21(22)20-6-2-1-5-18(20)15-26/h1-12H,13-14,16H2,(H,27,28). The van der Waals surface area contributed by atoms with Gasteiger partial charge in [-0.05, 0) is 41.8 Å². The zero-order valence-corrected chi connectivity index (χ0v) is 16.1. The number of carbonyl (C=O) groups excluding carboxylic acids is 2. The zero-order valence-electron chi connectivity index (χ0n) is 16.1. The molecule has 0 radical (unpaired) electrons. The quantitative estimate of drug-likeness (QED) is 0.609. The first-order chi connectivity index (χ1) is 14.6. The fraction of sp³-hybridized carbons (Fsp3) is 0.125. The van der Waals surface area contributed by atoms with Gasteiger partial charge in [0.15, 0.2) is 6.61 Å². The number of hydrogen-bond donors (Lipinski definition) is 1. The van der Waals surface area contributed by atoms with Crippen molar-refractivity contribution in [2.45, 2.75) is 6.42 Å². The van der Waals surface area contributed by atoms with E-state index in [1.54, 1.807) is 60.7 Å². The summed E-state index contributed by atoms with van der Waals surface area (Å²) in [5.41, 5.74) is 2.79. The van der Waals surface area contributed by atoms with Crippen LogP contribution in [0.5, 0.6) is 0 Å². The molecule has 1 N–H and O–H groups in total. The largest absolute Gasteiger partial charge is 0.452 e. The second-order valence-corrected chi connectivity index (χ2v) is 6.51. The lowest BCUT2D eigenvalue weighted by Gasteiger charge is -2.11. The Bertz CT molecular complexity index is 1090. The van der Waals surface area contributed by atoms with Crippen LogP contribution in [0, 0.1) is 17.1 Å². The number of hydrogen-bond acceptors (Lipinski definition) is 4. The first kappa shape index (κ1) is 20.7. The van der Waals surface area contributed by atoms with Crippen LogP contribution in [-0.2, 0) is 16.0 Å². The molecule has 3 aromatic carbocycles. The number of nitrogens with zero attached hydrogens (tertiary/aromatic N) is 1. The summed E-state index contributed by atoms with van der Waals surface area (Å²) in [4.78, 5) is 24.5. The van der Waals surface area contributed by atoms with Crippen LogP contribution >= 0.6 is 0 Å². The third-order valence-corrected chi connectivity index (χ3v) is 4.47. The first-order valence-electron chi connectivity index (χ1n) is 9.35. The second-order valence-electron chi connectivity index (χ2n) is 6.51. The highest BCUT2D eigenvalue weighted by atomic mass is 19.1. The van der Waals surface area contributed by atoms with Crippen molar-refractivity contribution in [1.29, 1.82) is 5.26 Å². The molecule has 0 bridgehead atoms. The van der Waals surface area contributed by atoms with Gasteiger partial charge >= 0.3 is 5.97 Å². The molecule has 0 aromatic heterocycles. The van der Waals surface area contributed by atoms with Gasteiger partial charge in [-0.1, -0.05) is 48.5 Å². The van der Waals surface area contributed by atoms with E-state index in [-0.39, 0.29) is 11.4 Å². The molecule has 0 aliphatic carbocycles. The van der Waals surface area contributed by atoms with Gasteiger partial charge in [-0.3, -0.25) is 4.79 Å². The second kappa shape index (κ2) is 9.99. The molecule has 3 aromatic rings. The Labute approximate surface area is 173 Å². The molecule has 150 valence electrons. The summed E-state index contributed by atoms with van der Waals surface area (Å²) >= 11 is 0. The van der Waals surface area contributed by atoms with Crippen molar-refractivity contribution in [3.63, 3.8) is 0 Å². The molecule has 0 saturated carbocycles. The Morgan fingerprint density at radius 1 is 0.933 bits per heavy atom. The lowest BCUT2D eigenvalue weighted by Crippen LogP contribution is -2.30. The maximum Gasteiger partial charge on any atom is 0.339 e. The Morgan fingerprint density at radius 3 is 2.33 bits per heavy atom. The minimum atomic E-state index is -0.646. The number of amides is 1. The average Bonchev–Trinajstić information content (AvgIpc) is 2.78. The van der Waals surface area contributed by atoms with Crippen LogP contribution < -0.4 is 5.32 Å². The van der Waals surface area contributed by atoms with Gasteiger partial charge in [0.1, 0.15) is 5.82 Å². The van der Waals surface area contributed by atoms with Crippen LogP contribution in [0.4, 0.5) is 4.39 Å². The smallest absolute Gasteiger partial charge is 0.339 e. The van der Waals surface area contributed by atoms with Gasteiger partial charge < -0.3 is 10.1 Å². The third kappa shape index (κ3) is 5.30. The molecule has 3 rings (SSSR count). The third-order valence-electron chi connectivity index (χ3n) is 4.47. The van der Waals surface area contributed by atoms with Gasteiger partial charge in [0.25, 0.3) is 5.91 Å². The van der Waals surface area contributed by atoms with Gasteiger partial charge in [0.2, 0.25) is 0 Å². The van der Waals surface area contributed by atoms with Crippen molar-refractivity contribution >= 4 is 11.9 Å². The Hall–Kier alpha value is -3.98. The molecule has 30 heavy (non-hydrogen) atoms. The maximum absolute atomic E-state index is 12.9. The molecule has 0 aliphatic heterocycles. The van der Waals surface area contributed by atoms with Crippen molar-refractivity contribution in [2.24, 2.45) is 0 Å². The summed E-state index contributed by atoms with van der Waals surface area (Å²) in [6.45, 7) is -0.0787. The van der Waals surface area contributed by atoms with E-state index in [0.717, 1.165) is 5.56 Å². The zero-order chi connectivity index (χ0) is 21.3. The van der Waals surface area contributed by atoms with Crippen molar-refractivity contribution < 1.29 is 18.7 Å². The lowest BCUT2D eigenvalue weighted by atomic mass is 9.96. The number of esters is 1. The topological polar surface area (TPSA) is 79.2 Å². The fourth-order valence-electron chi connectivity index (χ4n) is 2.97. The van der Waals surface area contributed by atoms with E-state index in [1.165, 1.54) is 12.1 Å². The summed E-state index contributed by atoms with van der Waals surface area (Å²) in [5.74, 6) is -1.39. The lowest BCUT2D eigenvalue weighted by molar-refractivity contribution is -0.124. The molecule has 0 heterocycles. The Morgan fingerprint density at radius 2 is 1.60 bits per heavy atom. The van der Waals surface area contributed by atoms with Crippen LogP contribution in [0.3, 0.4) is 0 Å². The monoisotopic (exact) mass is 402 g/mol. The minimum absolute atomic E-state index is 0.277. The van der Waals surface area contributed by atoms with E-state index in [4.69, 9.17) is 4.74 Å². The van der Waals surface area contributed by atoms with E-state index in [1.807, 2.05) is 0 Å². The normalized spacial score (nSPS) is 10.1. The summed E-state index contributed by atoms with van der Waals surface area (Å²) < 4.78 is 18.1. The number of rotatable bonds is 7. The number of ether oxygens (including phenoxy) is 1. The highest BCUT2D eigenvalue weighted by Gasteiger charge is 2.17. The predicted molar refractivity (Wildman–Crippen MR) is 110 cm³/mol. The van der Waals surface area contributed by atoms with Crippen LogP contribution in [0.15, 0.2) is 72.8 Å². The van der Waals surface area contributed by atoms with E-state index < -0.39 is 18.5 Å². The minimum Gasteiger partial charge on any atom is -0.452 e. The van der Waals surface area contributed by atoms with Crippen molar-refractivity contribution in [3.05, 3.63) is 95.3 Å². The van der Waals surface area contributed by atoms with Crippen molar-refractivity contribution in [2.75, 3.05) is 13.2 Å². The molecule has 0 unspecified atom stereocenters. The predicted octanol–water partition coefficient (Wildman–Crippen LogP) is 3.88. The highest BCUT2D eigenvalue weighted by molar-refractivity contribution is 5.98. The molecule has 5 nitrogen and oxygen atoms in total. The van der Waals surface area contributed by atoms with Gasteiger partial charge in [0, 0.05) is 12.1 Å². The summed E-state index contributed by atoms with van der Waals surface area (Å²) in [6, 6.07) is 21.9. The number of halogens is 1. The molecule has 0 atom stereocenters. The summed E-state index contributed by atoms with van der Waals surface area (Å²) in [5, 5.41) is 12.0. The molecule has 1 amide bonds. The molecule has 0 spiro atoms. The number of nitriles is 1. The molecular weight excluding hydrogens is 383 g/mol. The molecule has 6 heteroatoms.